The van der Waals surface area contributed by atoms with Crippen molar-refractivity contribution in [2.45, 2.75) is 12.8 Å². The maximum Gasteiger partial charge on any atom is 0.306 e. The van der Waals surface area contributed by atoms with E-state index in [0.717, 1.165) is 0 Å². The van der Waals surface area contributed by atoms with Crippen LogP contribution in [0.25, 0.3) is 0 Å². The van der Waals surface area contributed by atoms with Crippen LogP contribution in [0.3, 0.4) is 0 Å². The smallest absolute Gasteiger partial charge is 0.306 e. The lowest BCUT2D eigenvalue weighted by atomic mass is 10.1. The second-order valence-electron chi connectivity index (χ2n) is 5.99. The molecular weight excluding hydrogens is 407 g/mol. The Labute approximate surface area is 171 Å². The van der Waals surface area contributed by atoms with E-state index < -0.39 is 18.4 Å². The van der Waals surface area contributed by atoms with Crippen LogP contribution >= 0.6 is 23.2 Å². The molecule has 3 rings (SSSR count). The predicted molar refractivity (Wildman–Crippen MR) is 103 cm³/mol. The third-order valence-corrected chi connectivity index (χ3v) is 4.56. The van der Waals surface area contributed by atoms with E-state index in [1.54, 1.807) is 18.2 Å². The summed E-state index contributed by atoms with van der Waals surface area (Å²) in [6, 6.07) is 9.29. The van der Waals surface area contributed by atoms with Gasteiger partial charge >= 0.3 is 5.97 Å². The van der Waals surface area contributed by atoms with Gasteiger partial charge < -0.3 is 14.2 Å². The van der Waals surface area contributed by atoms with E-state index in [-0.39, 0.29) is 29.2 Å². The second kappa shape index (κ2) is 9.08. The minimum atomic E-state index is -0.649. The van der Waals surface area contributed by atoms with Crippen LogP contribution in [0.4, 0.5) is 0 Å². The van der Waals surface area contributed by atoms with Gasteiger partial charge in [0.05, 0.1) is 11.4 Å². The lowest BCUT2D eigenvalue weighted by Crippen LogP contribution is -2.16. The van der Waals surface area contributed by atoms with Gasteiger partial charge in [-0.25, -0.2) is 0 Å². The number of benzene rings is 2. The summed E-state index contributed by atoms with van der Waals surface area (Å²) in [6.07, 6.45) is -0.191. The van der Waals surface area contributed by atoms with Crippen molar-refractivity contribution < 1.29 is 28.6 Å². The highest BCUT2D eigenvalue weighted by atomic mass is 35.5. The fourth-order valence-corrected chi connectivity index (χ4v) is 3.10. The fourth-order valence-electron chi connectivity index (χ4n) is 2.59. The van der Waals surface area contributed by atoms with E-state index in [1.165, 1.54) is 18.2 Å². The number of carbonyl (C=O) groups is 3. The molecule has 0 aliphatic carbocycles. The molecule has 146 valence electrons. The molecule has 2 aromatic carbocycles. The molecule has 0 atom stereocenters. The Morgan fingerprint density at radius 1 is 0.893 bits per heavy atom. The van der Waals surface area contributed by atoms with Crippen LogP contribution in [0.2, 0.25) is 10.0 Å². The number of ketones is 2. The van der Waals surface area contributed by atoms with Gasteiger partial charge in [-0.3, -0.25) is 14.4 Å². The molecule has 8 heteroatoms. The quantitative estimate of drug-likeness (QED) is 0.492. The van der Waals surface area contributed by atoms with Crippen LogP contribution in [0.1, 0.15) is 33.6 Å². The second-order valence-corrected chi connectivity index (χ2v) is 6.83. The number of rotatable bonds is 7. The third-order valence-electron chi connectivity index (χ3n) is 4.02. The van der Waals surface area contributed by atoms with Crippen LogP contribution in [-0.4, -0.2) is 37.4 Å². The molecule has 0 N–H and O–H groups in total. The Kier molecular flexibility index (Phi) is 6.54. The third kappa shape index (κ3) is 5.03. The van der Waals surface area contributed by atoms with E-state index in [0.29, 0.717) is 35.3 Å². The lowest BCUT2D eigenvalue weighted by Gasteiger charge is -2.18. The molecule has 0 spiro atoms. The molecule has 0 saturated carbocycles. The van der Waals surface area contributed by atoms with Crippen LogP contribution in [0, 0.1) is 0 Å². The summed E-state index contributed by atoms with van der Waals surface area (Å²) in [6.45, 7) is 0.424. The van der Waals surface area contributed by atoms with Crippen molar-refractivity contribution in [1.82, 2.24) is 0 Å². The van der Waals surface area contributed by atoms with E-state index in [4.69, 9.17) is 37.4 Å². The number of hydrogen-bond acceptors (Lipinski definition) is 6. The van der Waals surface area contributed by atoms with Crippen molar-refractivity contribution in [3.05, 3.63) is 57.6 Å². The Hall–Kier alpha value is -2.57. The highest BCUT2D eigenvalue weighted by Gasteiger charge is 2.17. The summed E-state index contributed by atoms with van der Waals surface area (Å²) in [4.78, 5) is 36.2. The van der Waals surface area contributed by atoms with Gasteiger partial charge in [-0.2, -0.15) is 0 Å². The highest BCUT2D eigenvalue weighted by molar-refractivity contribution is 6.36. The number of Topliss-reactive ketones (excluding diaryl/α,β-unsaturated/α-hetero) is 2. The summed E-state index contributed by atoms with van der Waals surface area (Å²) in [5, 5.41) is 0.582. The molecule has 0 fully saturated rings. The maximum atomic E-state index is 12.3. The van der Waals surface area contributed by atoms with Crippen LogP contribution < -0.4 is 9.47 Å². The standard InChI is InChI=1S/C20H16Cl2O6/c21-13-2-3-14(15(22)10-13)17(24)11-28-20(25)6-4-16(23)12-1-5-18-19(9-12)27-8-7-26-18/h1-3,5,9-10H,4,6-8,11H2. The molecule has 0 bridgehead atoms. The van der Waals surface area contributed by atoms with Crippen molar-refractivity contribution in [3.63, 3.8) is 0 Å². The van der Waals surface area contributed by atoms with Crippen molar-refractivity contribution in [2.75, 3.05) is 19.8 Å². The molecule has 0 amide bonds. The van der Waals surface area contributed by atoms with Gasteiger partial charge in [-0.05, 0) is 36.4 Å². The lowest BCUT2D eigenvalue weighted by molar-refractivity contribution is -0.142. The number of halogens is 2. The summed E-state index contributed by atoms with van der Waals surface area (Å²) in [5.74, 6) is -0.245. The topological polar surface area (TPSA) is 78.9 Å². The van der Waals surface area contributed by atoms with Gasteiger partial charge in [0.2, 0.25) is 5.78 Å². The zero-order chi connectivity index (χ0) is 20.1. The summed E-state index contributed by atoms with van der Waals surface area (Å²) in [5.41, 5.74) is 0.632. The van der Waals surface area contributed by atoms with E-state index in [9.17, 15) is 14.4 Å². The number of esters is 1. The number of carbonyl (C=O) groups excluding carboxylic acids is 3. The average molecular weight is 423 g/mol. The maximum absolute atomic E-state index is 12.3. The molecular formula is C20H16Cl2O6. The Balaban J connectivity index is 1.48. The number of hydrogen-bond donors (Lipinski definition) is 0. The van der Waals surface area contributed by atoms with Crippen LogP contribution in [0.15, 0.2) is 36.4 Å². The van der Waals surface area contributed by atoms with Gasteiger partial charge in [0.25, 0.3) is 0 Å². The summed E-state index contributed by atoms with van der Waals surface area (Å²) in [7, 11) is 0. The van der Waals surface area contributed by atoms with Crippen LogP contribution in [0.5, 0.6) is 11.5 Å². The number of ether oxygens (including phenoxy) is 3. The molecule has 0 radical (unpaired) electrons. The molecule has 1 aliphatic heterocycles. The molecule has 0 saturated heterocycles. The minimum Gasteiger partial charge on any atom is -0.486 e. The Morgan fingerprint density at radius 2 is 1.64 bits per heavy atom. The van der Waals surface area contributed by atoms with Crippen molar-refractivity contribution in [1.29, 1.82) is 0 Å². The molecule has 1 heterocycles. The zero-order valence-corrected chi connectivity index (χ0v) is 16.2. The molecule has 6 nitrogen and oxygen atoms in total. The van der Waals surface area contributed by atoms with Crippen molar-refractivity contribution >= 4 is 40.7 Å². The van der Waals surface area contributed by atoms with Crippen LogP contribution in [-0.2, 0) is 9.53 Å². The molecule has 2 aromatic rings. The zero-order valence-electron chi connectivity index (χ0n) is 14.7. The largest absolute Gasteiger partial charge is 0.486 e. The first-order chi connectivity index (χ1) is 13.4. The molecule has 28 heavy (non-hydrogen) atoms. The Bertz CT molecular complexity index is 925. The summed E-state index contributed by atoms with van der Waals surface area (Å²) >= 11 is 11.7. The first-order valence-electron chi connectivity index (χ1n) is 8.51. The van der Waals surface area contributed by atoms with Gasteiger partial charge in [0.15, 0.2) is 23.9 Å². The van der Waals surface area contributed by atoms with Gasteiger partial charge in [-0.15, -0.1) is 0 Å². The van der Waals surface area contributed by atoms with Crippen molar-refractivity contribution in [3.8, 4) is 11.5 Å². The highest BCUT2D eigenvalue weighted by Crippen LogP contribution is 2.31. The predicted octanol–water partition coefficient (Wildman–Crippen LogP) is 4.15. The van der Waals surface area contributed by atoms with E-state index >= 15 is 0 Å². The Morgan fingerprint density at radius 3 is 2.39 bits per heavy atom. The first-order valence-corrected chi connectivity index (χ1v) is 9.26. The van der Waals surface area contributed by atoms with E-state index in [1.807, 2.05) is 0 Å². The summed E-state index contributed by atoms with van der Waals surface area (Å²) < 4.78 is 15.8. The molecule has 1 aliphatic rings. The van der Waals surface area contributed by atoms with Gasteiger partial charge in [-0.1, -0.05) is 23.2 Å². The van der Waals surface area contributed by atoms with E-state index in [2.05, 4.69) is 0 Å². The number of fused-ring (bicyclic) bond motifs is 1. The normalized spacial score (nSPS) is 12.4. The average Bonchev–Trinajstić information content (AvgIpc) is 2.69. The minimum absolute atomic E-state index is 0.0473. The molecule has 0 unspecified atom stereocenters. The molecule has 0 aromatic heterocycles. The van der Waals surface area contributed by atoms with Gasteiger partial charge in [0, 0.05) is 22.6 Å². The first kappa shape index (κ1) is 20.2. The van der Waals surface area contributed by atoms with Crippen molar-refractivity contribution in [2.24, 2.45) is 0 Å². The SMILES string of the molecule is O=C(CCC(=O)c1ccc2c(c1)OCCO2)OCC(=O)c1ccc(Cl)cc1Cl. The fraction of sp³-hybridized carbons (Fsp3) is 0.250. The van der Waals surface area contributed by atoms with Gasteiger partial charge in [0.1, 0.15) is 13.2 Å². The monoisotopic (exact) mass is 422 g/mol.